The van der Waals surface area contributed by atoms with Crippen molar-refractivity contribution >= 4 is 5.96 Å². The SMILES string of the molecule is CN=C(NCc1ccc(OC(C)C)nc1)N1CCC(Oc2ccccc2)CC1. The third-order valence-corrected chi connectivity index (χ3v) is 4.60. The van der Waals surface area contributed by atoms with Crippen molar-refractivity contribution in [1.82, 2.24) is 15.2 Å². The predicted molar refractivity (Wildman–Crippen MR) is 112 cm³/mol. The summed E-state index contributed by atoms with van der Waals surface area (Å²) in [6, 6.07) is 14.0. The van der Waals surface area contributed by atoms with E-state index in [0.29, 0.717) is 12.4 Å². The Balaban J connectivity index is 1.45. The van der Waals surface area contributed by atoms with E-state index in [1.165, 1.54) is 0 Å². The van der Waals surface area contributed by atoms with E-state index >= 15 is 0 Å². The van der Waals surface area contributed by atoms with Gasteiger partial charge in [-0.1, -0.05) is 24.3 Å². The lowest BCUT2D eigenvalue weighted by Crippen LogP contribution is -2.47. The molecule has 28 heavy (non-hydrogen) atoms. The molecule has 1 aliphatic rings. The number of nitrogens with zero attached hydrogens (tertiary/aromatic N) is 3. The average Bonchev–Trinajstić information content (AvgIpc) is 2.71. The van der Waals surface area contributed by atoms with Crippen LogP contribution in [0.15, 0.2) is 53.7 Å². The van der Waals surface area contributed by atoms with Gasteiger partial charge in [-0.3, -0.25) is 4.99 Å². The third-order valence-electron chi connectivity index (χ3n) is 4.60. The molecule has 1 aromatic carbocycles. The lowest BCUT2D eigenvalue weighted by molar-refractivity contribution is 0.129. The van der Waals surface area contributed by atoms with E-state index < -0.39 is 0 Å². The van der Waals surface area contributed by atoms with Gasteiger partial charge in [0.25, 0.3) is 0 Å². The molecule has 0 unspecified atom stereocenters. The largest absolute Gasteiger partial charge is 0.490 e. The van der Waals surface area contributed by atoms with Gasteiger partial charge in [0.1, 0.15) is 11.9 Å². The fourth-order valence-electron chi connectivity index (χ4n) is 3.22. The molecule has 0 radical (unpaired) electrons. The van der Waals surface area contributed by atoms with Crippen molar-refractivity contribution in [1.29, 1.82) is 0 Å². The van der Waals surface area contributed by atoms with E-state index in [9.17, 15) is 0 Å². The zero-order valence-electron chi connectivity index (χ0n) is 17.0. The zero-order valence-corrected chi connectivity index (χ0v) is 17.0. The van der Waals surface area contributed by atoms with Crippen LogP contribution in [0.3, 0.4) is 0 Å². The first kappa shape index (κ1) is 20.0. The summed E-state index contributed by atoms with van der Waals surface area (Å²) in [5, 5.41) is 3.43. The standard InChI is InChI=1S/C22H30N4O2/c1-17(2)27-21-10-9-18(15-24-21)16-25-22(23-3)26-13-11-20(12-14-26)28-19-7-5-4-6-8-19/h4-10,15,17,20H,11-14,16H2,1-3H3,(H,23,25). The highest BCUT2D eigenvalue weighted by molar-refractivity contribution is 5.79. The number of hydrogen-bond acceptors (Lipinski definition) is 4. The first-order valence-corrected chi connectivity index (χ1v) is 9.93. The highest BCUT2D eigenvalue weighted by Gasteiger charge is 2.22. The van der Waals surface area contributed by atoms with E-state index in [1.54, 1.807) is 0 Å². The summed E-state index contributed by atoms with van der Waals surface area (Å²) < 4.78 is 11.7. The van der Waals surface area contributed by atoms with E-state index in [1.807, 2.05) is 69.6 Å². The van der Waals surface area contributed by atoms with Gasteiger partial charge in [-0.25, -0.2) is 4.98 Å². The van der Waals surface area contributed by atoms with Crippen molar-refractivity contribution in [3.8, 4) is 11.6 Å². The molecule has 0 atom stereocenters. The first-order valence-electron chi connectivity index (χ1n) is 9.93. The summed E-state index contributed by atoms with van der Waals surface area (Å²) in [5.41, 5.74) is 1.10. The van der Waals surface area contributed by atoms with Gasteiger partial charge < -0.3 is 19.7 Å². The number of guanidine groups is 1. The number of aliphatic imine (C=N–C) groups is 1. The van der Waals surface area contributed by atoms with Crippen molar-refractivity contribution < 1.29 is 9.47 Å². The summed E-state index contributed by atoms with van der Waals surface area (Å²) >= 11 is 0. The molecule has 2 heterocycles. The normalized spacial score (nSPS) is 15.6. The van der Waals surface area contributed by atoms with E-state index in [2.05, 4.69) is 20.2 Å². The van der Waals surface area contributed by atoms with Crippen LogP contribution < -0.4 is 14.8 Å². The lowest BCUT2D eigenvalue weighted by atomic mass is 10.1. The Morgan fingerprint density at radius 3 is 2.54 bits per heavy atom. The molecular weight excluding hydrogens is 352 g/mol. The smallest absolute Gasteiger partial charge is 0.213 e. The van der Waals surface area contributed by atoms with Crippen molar-refractivity contribution in [2.45, 2.75) is 45.4 Å². The van der Waals surface area contributed by atoms with Gasteiger partial charge in [-0.15, -0.1) is 0 Å². The van der Waals surface area contributed by atoms with Crippen molar-refractivity contribution in [3.63, 3.8) is 0 Å². The summed E-state index contributed by atoms with van der Waals surface area (Å²) in [7, 11) is 1.83. The molecule has 0 saturated carbocycles. The fraction of sp³-hybridized carbons (Fsp3) is 0.455. The number of benzene rings is 1. The molecule has 150 valence electrons. The molecule has 1 saturated heterocycles. The quantitative estimate of drug-likeness (QED) is 0.612. The maximum absolute atomic E-state index is 6.08. The van der Waals surface area contributed by atoms with Gasteiger partial charge in [0.2, 0.25) is 5.88 Å². The topological polar surface area (TPSA) is 59.0 Å². The Labute approximate surface area is 167 Å². The summed E-state index contributed by atoms with van der Waals surface area (Å²) in [4.78, 5) is 11.1. The Morgan fingerprint density at radius 2 is 1.93 bits per heavy atom. The summed E-state index contributed by atoms with van der Waals surface area (Å²) in [5.74, 6) is 2.52. The number of ether oxygens (including phenoxy) is 2. The monoisotopic (exact) mass is 382 g/mol. The predicted octanol–water partition coefficient (Wildman–Crippen LogP) is 3.49. The molecule has 1 aromatic heterocycles. The molecule has 0 amide bonds. The number of aromatic nitrogens is 1. The maximum Gasteiger partial charge on any atom is 0.213 e. The number of piperidine rings is 1. The highest BCUT2D eigenvalue weighted by Crippen LogP contribution is 2.18. The van der Waals surface area contributed by atoms with Crippen LogP contribution in [-0.4, -0.2) is 48.2 Å². The molecule has 3 rings (SSSR count). The van der Waals surface area contributed by atoms with Gasteiger partial charge >= 0.3 is 0 Å². The Hall–Kier alpha value is -2.76. The minimum Gasteiger partial charge on any atom is -0.490 e. The fourth-order valence-corrected chi connectivity index (χ4v) is 3.22. The van der Waals surface area contributed by atoms with Crippen LogP contribution >= 0.6 is 0 Å². The molecule has 0 aliphatic carbocycles. The van der Waals surface area contributed by atoms with Gasteiger partial charge in [0.05, 0.1) is 6.10 Å². The molecule has 0 bridgehead atoms. The van der Waals surface area contributed by atoms with Crippen LogP contribution in [0.5, 0.6) is 11.6 Å². The molecule has 1 fully saturated rings. The van der Waals surface area contributed by atoms with E-state index in [4.69, 9.17) is 9.47 Å². The first-order chi connectivity index (χ1) is 13.6. The van der Waals surface area contributed by atoms with E-state index in [-0.39, 0.29) is 12.2 Å². The number of likely N-dealkylation sites (tertiary alicyclic amines) is 1. The molecule has 6 nitrogen and oxygen atoms in total. The van der Waals surface area contributed by atoms with Crippen LogP contribution in [0, 0.1) is 0 Å². The van der Waals surface area contributed by atoms with Crippen molar-refractivity contribution in [3.05, 3.63) is 54.2 Å². The Bertz CT molecular complexity index is 739. The number of rotatable bonds is 6. The molecule has 1 aliphatic heterocycles. The van der Waals surface area contributed by atoms with Crippen LogP contribution in [-0.2, 0) is 6.54 Å². The second-order valence-electron chi connectivity index (χ2n) is 7.19. The van der Waals surface area contributed by atoms with E-state index in [0.717, 1.165) is 43.2 Å². The van der Waals surface area contributed by atoms with Gasteiger partial charge in [0.15, 0.2) is 5.96 Å². The zero-order chi connectivity index (χ0) is 19.8. The molecule has 0 spiro atoms. The minimum absolute atomic E-state index is 0.129. The van der Waals surface area contributed by atoms with Crippen LogP contribution in [0.4, 0.5) is 0 Å². The Morgan fingerprint density at radius 1 is 1.18 bits per heavy atom. The number of hydrogen-bond donors (Lipinski definition) is 1. The second-order valence-corrected chi connectivity index (χ2v) is 7.19. The van der Waals surface area contributed by atoms with Gasteiger partial charge in [0, 0.05) is 51.8 Å². The molecule has 2 aromatic rings. The summed E-state index contributed by atoms with van der Waals surface area (Å²) in [6.07, 6.45) is 4.20. The molecule has 6 heteroatoms. The van der Waals surface area contributed by atoms with Crippen LogP contribution in [0.1, 0.15) is 32.3 Å². The number of pyridine rings is 1. The highest BCUT2D eigenvalue weighted by atomic mass is 16.5. The third kappa shape index (κ3) is 5.87. The second kappa shape index (κ2) is 9.97. The van der Waals surface area contributed by atoms with Gasteiger partial charge in [-0.2, -0.15) is 0 Å². The van der Waals surface area contributed by atoms with Crippen LogP contribution in [0.25, 0.3) is 0 Å². The number of para-hydroxylation sites is 1. The lowest BCUT2D eigenvalue weighted by Gasteiger charge is -2.34. The van der Waals surface area contributed by atoms with Crippen molar-refractivity contribution in [2.75, 3.05) is 20.1 Å². The molecule has 1 N–H and O–H groups in total. The summed E-state index contributed by atoms with van der Waals surface area (Å²) in [6.45, 7) is 6.53. The molecular formula is C22H30N4O2. The van der Waals surface area contributed by atoms with Crippen LogP contribution in [0.2, 0.25) is 0 Å². The van der Waals surface area contributed by atoms with Gasteiger partial charge in [-0.05, 0) is 31.5 Å². The van der Waals surface area contributed by atoms with Crippen molar-refractivity contribution in [2.24, 2.45) is 4.99 Å². The Kier molecular flexibility index (Phi) is 7.12. The number of nitrogens with one attached hydrogen (secondary N) is 1. The average molecular weight is 383 g/mol. The maximum atomic E-state index is 6.08. The minimum atomic E-state index is 0.129.